The third-order valence-corrected chi connectivity index (χ3v) is 6.38. The summed E-state index contributed by atoms with van der Waals surface area (Å²) in [6.07, 6.45) is 13.2. The molecular weight excluding hydrogens is 328 g/mol. The van der Waals surface area contributed by atoms with Crippen LogP contribution in [-0.2, 0) is 19.1 Å². The largest absolute Gasteiger partial charge is 0.465 e. The van der Waals surface area contributed by atoms with Crippen molar-refractivity contribution >= 4 is 11.9 Å². The van der Waals surface area contributed by atoms with Gasteiger partial charge in [-0.1, -0.05) is 71.6 Å². The summed E-state index contributed by atoms with van der Waals surface area (Å²) in [5, 5.41) is 0. The van der Waals surface area contributed by atoms with E-state index in [0.717, 1.165) is 57.8 Å². The molecule has 0 radical (unpaired) electrons. The zero-order valence-electron chi connectivity index (χ0n) is 16.9. The highest BCUT2D eigenvalue weighted by molar-refractivity contribution is 6.00. The SMILES string of the molecule is CCCCOC(=O)C1(C(=O)OCCCC)CCCCC1C1CCCCC1. The van der Waals surface area contributed by atoms with Crippen LogP contribution in [0.1, 0.15) is 97.3 Å². The van der Waals surface area contributed by atoms with Gasteiger partial charge in [0, 0.05) is 0 Å². The molecule has 2 fully saturated rings. The van der Waals surface area contributed by atoms with Crippen molar-refractivity contribution in [1.29, 1.82) is 0 Å². The van der Waals surface area contributed by atoms with E-state index >= 15 is 0 Å². The van der Waals surface area contributed by atoms with Gasteiger partial charge in [-0.25, -0.2) is 0 Å². The molecule has 2 saturated carbocycles. The quantitative estimate of drug-likeness (QED) is 0.310. The van der Waals surface area contributed by atoms with Gasteiger partial charge in [-0.2, -0.15) is 0 Å². The number of carbonyl (C=O) groups excluding carboxylic acids is 2. The second kappa shape index (κ2) is 10.9. The van der Waals surface area contributed by atoms with Gasteiger partial charge >= 0.3 is 11.9 Å². The second-order valence-corrected chi connectivity index (χ2v) is 8.20. The summed E-state index contributed by atoms with van der Waals surface area (Å²) in [4.78, 5) is 26.4. The monoisotopic (exact) mass is 366 g/mol. The van der Waals surface area contributed by atoms with Crippen LogP contribution in [0.3, 0.4) is 0 Å². The molecule has 1 atom stereocenters. The van der Waals surface area contributed by atoms with Crippen molar-refractivity contribution in [2.75, 3.05) is 13.2 Å². The maximum absolute atomic E-state index is 13.2. The Balaban J connectivity index is 2.22. The summed E-state index contributed by atoms with van der Waals surface area (Å²) >= 11 is 0. The van der Waals surface area contributed by atoms with Crippen LogP contribution in [0, 0.1) is 17.3 Å². The van der Waals surface area contributed by atoms with Gasteiger partial charge in [0.05, 0.1) is 13.2 Å². The standard InChI is InChI=1S/C22H38O4/c1-3-5-16-25-20(23)22(21(24)26-17-6-4-2)15-11-10-14-19(22)18-12-8-7-9-13-18/h18-19H,3-17H2,1-2H3. The molecule has 26 heavy (non-hydrogen) atoms. The van der Waals surface area contributed by atoms with Crippen molar-refractivity contribution < 1.29 is 19.1 Å². The molecule has 0 saturated heterocycles. The van der Waals surface area contributed by atoms with Crippen LogP contribution in [-0.4, -0.2) is 25.2 Å². The fraction of sp³-hybridized carbons (Fsp3) is 0.909. The zero-order valence-corrected chi connectivity index (χ0v) is 16.9. The first-order valence-electron chi connectivity index (χ1n) is 11.0. The Kier molecular flexibility index (Phi) is 8.94. The van der Waals surface area contributed by atoms with Gasteiger partial charge in [0.2, 0.25) is 0 Å². The fourth-order valence-corrected chi connectivity index (χ4v) is 4.84. The molecule has 150 valence electrons. The van der Waals surface area contributed by atoms with Crippen LogP contribution in [0.2, 0.25) is 0 Å². The first-order valence-corrected chi connectivity index (χ1v) is 11.0. The minimum Gasteiger partial charge on any atom is -0.465 e. The van der Waals surface area contributed by atoms with Crippen molar-refractivity contribution in [2.45, 2.75) is 97.3 Å². The van der Waals surface area contributed by atoms with E-state index in [1.165, 1.54) is 19.3 Å². The Bertz CT molecular complexity index is 417. The average molecular weight is 367 g/mol. The Morgan fingerprint density at radius 2 is 1.35 bits per heavy atom. The van der Waals surface area contributed by atoms with Crippen LogP contribution in [0.25, 0.3) is 0 Å². The van der Waals surface area contributed by atoms with Crippen LogP contribution in [0.15, 0.2) is 0 Å². The molecular formula is C22H38O4. The minimum absolute atomic E-state index is 0.0970. The molecule has 4 nitrogen and oxygen atoms in total. The number of carbonyl (C=O) groups is 2. The predicted molar refractivity (Wildman–Crippen MR) is 103 cm³/mol. The molecule has 0 heterocycles. The Labute approximate surface area is 159 Å². The van der Waals surface area contributed by atoms with Gasteiger partial charge in [-0.05, 0) is 37.5 Å². The lowest BCUT2D eigenvalue weighted by molar-refractivity contribution is -0.183. The molecule has 0 N–H and O–H groups in total. The van der Waals surface area contributed by atoms with Crippen molar-refractivity contribution in [2.24, 2.45) is 17.3 Å². The molecule has 0 bridgehead atoms. The summed E-state index contributed by atoms with van der Waals surface area (Å²) in [6, 6.07) is 0. The molecule has 0 aromatic carbocycles. The highest BCUT2D eigenvalue weighted by Crippen LogP contribution is 2.50. The van der Waals surface area contributed by atoms with E-state index in [4.69, 9.17) is 9.47 Å². The summed E-state index contributed by atoms with van der Waals surface area (Å²) in [6.45, 7) is 4.98. The number of ether oxygens (including phenoxy) is 2. The van der Waals surface area contributed by atoms with Gasteiger partial charge in [-0.15, -0.1) is 0 Å². The Hall–Kier alpha value is -1.06. The van der Waals surface area contributed by atoms with E-state index in [-0.39, 0.29) is 17.9 Å². The Morgan fingerprint density at radius 3 is 1.88 bits per heavy atom. The van der Waals surface area contributed by atoms with Crippen LogP contribution in [0.4, 0.5) is 0 Å². The second-order valence-electron chi connectivity index (χ2n) is 8.20. The predicted octanol–water partition coefficient (Wildman–Crippen LogP) is 5.43. The van der Waals surface area contributed by atoms with Crippen molar-refractivity contribution in [3.63, 3.8) is 0 Å². The molecule has 0 aromatic heterocycles. The lowest BCUT2D eigenvalue weighted by Gasteiger charge is -2.44. The fourth-order valence-electron chi connectivity index (χ4n) is 4.84. The van der Waals surface area contributed by atoms with Gasteiger partial charge in [-0.3, -0.25) is 9.59 Å². The summed E-state index contributed by atoms with van der Waals surface area (Å²) in [7, 11) is 0. The molecule has 2 rings (SSSR count). The average Bonchev–Trinajstić information content (AvgIpc) is 2.68. The number of rotatable bonds is 9. The zero-order chi connectivity index (χ0) is 18.8. The van der Waals surface area contributed by atoms with Gasteiger partial charge in [0.15, 0.2) is 5.41 Å². The summed E-state index contributed by atoms with van der Waals surface area (Å²) < 4.78 is 11.3. The van der Waals surface area contributed by atoms with Crippen LogP contribution < -0.4 is 0 Å². The smallest absolute Gasteiger partial charge is 0.323 e. The van der Waals surface area contributed by atoms with E-state index < -0.39 is 5.41 Å². The topological polar surface area (TPSA) is 52.6 Å². The minimum atomic E-state index is -1.05. The van der Waals surface area contributed by atoms with Crippen molar-refractivity contribution in [1.82, 2.24) is 0 Å². The van der Waals surface area contributed by atoms with E-state index in [1.54, 1.807) is 0 Å². The third-order valence-electron chi connectivity index (χ3n) is 6.38. The lowest BCUT2D eigenvalue weighted by Crippen LogP contribution is -2.52. The van der Waals surface area contributed by atoms with Gasteiger partial charge in [0.1, 0.15) is 0 Å². The third kappa shape index (κ3) is 5.01. The van der Waals surface area contributed by atoms with Gasteiger partial charge < -0.3 is 9.47 Å². The molecule has 1 unspecified atom stereocenters. The molecule has 0 spiro atoms. The van der Waals surface area contributed by atoms with Crippen LogP contribution >= 0.6 is 0 Å². The first kappa shape index (κ1) is 21.2. The summed E-state index contributed by atoms with van der Waals surface area (Å²) in [5.41, 5.74) is -1.05. The molecule has 0 aromatic rings. The highest BCUT2D eigenvalue weighted by Gasteiger charge is 2.57. The highest BCUT2D eigenvalue weighted by atomic mass is 16.6. The van der Waals surface area contributed by atoms with E-state index in [9.17, 15) is 9.59 Å². The number of unbranched alkanes of at least 4 members (excludes halogenated alkanes) is 2. The molecule has 4 heteroatoms. The van der Waals surface area contributed by atoms with E-state index in [1.807, 2.05) is 0 Å². The molecule has 0 amide bonds. The summed E-state index contributed by atoms with van der Waals surface area (Å²) in [5.74, 6) is -0.0493. The first-order chi connectivity index (χ1) is 12.7. The van der Waals surface area contributed by atoms with Crippen LogP contribution in [0.5, 0.6) is 0 Å². The number of esters is 2. The maximum atomic E-state index is 13.2. The lowest BCUT2D eigenvalue weighted by atomic mass is 9.59. The molecule has 2 aliphatic rings. The van der Waals surface area contributed by atoms with E-state index in [2.05, 4.69) is 13.8 Å². The Morgan fingerprint density at radius 1 is 0.808 bits per heavy atom. The van der Waals surface area contributed by atoms with E-state index in [0.29, 0.717) is 25.6 Å². The van der Waals surface area contributed by atoms with Crippen molar-refractivity contribution in [3.8, 4) is 0 Å². The molecule has 0 aliphatic heterocycles. The normalized spacial score (nSPS) is 23.4. The maximum Gasteiger partial charge on any atom is 0.323 e. The van der Waals surface area contributed by atoms with Gasteiger partial charge in [0.25, 0.3) is 0 Å². The number of hydrogen-bond acceptors (Lipinski definition) is 4. The molecule has 2 aliphatic carbocycles. The van der Waals surface area contributed by atoms with Crippen molar-refractivity contribution in [3.05, 3.63) is 0 Å². The number of hydrogen-bond donors (Lipinski definition) is 0.